The lowest BCUT2D eigenvalue weighted by Crippen LogP contribution is -2.40. The molecule has 1 saturated heterocycles. The average molecular weight is 520 g/mol. The number of halogens is 3. The van der Waals surface area contributed by atoms with E-state index in [4.69, 9.17) is 16.3 Å². The molecule has 4 rings (SSSR count). The van der Waals surface area contributed by atoms with Gasteiger partial charge in [-0.05, 0) is 78.9 Å². The maximum absolute atomic E-state index is 13.6. The van der Waals surface area contributed by atoms with Gasteiger partial charge < -0.3 is 4.74 Å². The number of hydrogen-bond donors (Lipinski definition) is 0. The summed E-state index contributed by atoms with van der Waals surface area (Å²) < 4.78 is 59.8. The zero-order valence-corrected chi connectivity index (χ0v) is 20.4. The fourth-order valence-corrected chi connectivity index (χ4v) is 5.91. The van der Waals surface area contributed by atoms with Gasteiger partial charge in [0.25, 0.3) is 0 Å². The van der Waals surface area contributed by atoms with E-state index < -0.39 is 27.7 Å². The van der Waals surface area contributed by atoms with Crippen LogP contribution in [-0.4, -0.2) is 31.1 Å². The van der Waals surface area contributed by atoms with E-state index in [9.17, 15) is 22.0 Å². The van der Waals surface area contributed by atoms with Crippen molar-refractivity contribution in [1.29, 1.82) is 0 Å². The van der Waals surface area contributed by atoms with Crippen LogP contribution in [0.25, 0.3) is 0 Å². The van der Waals surface area contributed by atoms with Crippen LogP contribution < -0.4 is 4.74 Å². The molecule has 1 aliphatic heterocycles. The summed E-state index contributed by atoms with van der Waals surface area (Å²) in [4.78, 5) is 12.9. The van der Waals surface area contributed by atoms with Crippen molar-refractivity contribution in [2.75, 3.05) is 6.54 Å². The standard InChI is InChI=1S/C26H24ClF2NO4S/c27-23-12-6-19(16-24(23)29)17-34-21-4-1-3-18(15-21)7-13-26(31)25-5-2-14-30(25)35(32,33)22-10-8-20(28)9-11-22/h1,3-4,6,8-12,15-16,25H,2,5,7,13-14,17H2/t25-/m0/s1. The van der Waals surface area contributed by atoms with E-state index in [1.54, 1.807) is 24.3 Å². The SMILES string of the molecule is O=C(CCc1cccc(OCc2ccc(Cl)c(F)c2)c1)[C@@H]1CCCN1S(=O)(=O)c1ccc(F)cc1. The summed E-state index contributed by atoms with van der Waals surface area (Å²) in [6.45, 7) is 0.416. The van der Waals surface area contributed by atoms with E-state index in [0.29, 0.717) is 30.6 Å². The van der Waals surface area contributed by atoms with Crippen LogP contribution in [-0.2, 0) is 27.8 Å². The van der Waals surface area contributed by atoms with E-state index >= 15 is 0 Å². The van der Waals surface area contributed by atoms with Gasteiger partial charge in [-0.2, -0.15) is 4.31 Å². The van der Waals surface area contributed by atoms with Crippen molar-refractivity contribution in [3.63, 3.8) is 0 Å². The molecule has 0 N–H and O–H groups in total. The maximum Gasteiger partial charge on any atom is 0.243 e. The van der Waals surface area contributed by atoms with Crippen LogP contribution in [0.4, 0.5) is 8.78 Å². The van der Waals surface area contributed by atoms with Crippen molar-refractivity contribution in [2.24, 2.45) is 0 Å². The van der Waals surface area contributed by atoms with Gasteiger partial charge in [-0.3, -0.25) is 4.79 Å². The van der Waals surface area contributed by atoms with Crippen molar-refractivity contribution >= 4 is 27.4 Å². The molecule has 0 aromatic heterocycles. The molecule has 0 bridgehead atoms. The zero-order chi connectivity index (χ0) is 25.0. The number of ether oxygens (including phenoxy) is 1. The quantitative estimate of drug-likeness (QED) is 0.372. The number of rotatable bonds is 9. The fourth-order valence-electron chi connectivity index (χ4n) is 4.11. The second kappa shape index (κ2) is 10.8. The number of carbonyl (C=O) groups is 1. The molecule has 0 unspecified atom stereocenters. The number of hydrogen-bond acceptors (Lipinski definition) is 4. The van der Waals surface area contributed by atoms with E-state index in [-0.39, 0.29) is 35.3 Å². The molecule has 1 fully saturated rings. The summed E-state index contributed by atoms with van der Waals surface area (Å²) in [7, 11) is -3.89. The fraction of sp³-hybridized carbons (Fsp3) is 0.269. The van der Waals surface area contributed by atoms with Gasteiger partial charge in [-0.25, -0.2) is 17.2 Å². The highest BCUT2D eigenvalue weighted by molar-refractivity contribution is 7.89. The second-order valence-corrected chi connectivity index (χ2v) is 10.7. The third-order valence-corrected chi connectivity index (χ3v) is 8.17. The first kappa shape index (κ1) is 25.3. The first-order chi connectivity index (χ1) is 16.7. The first-order valence-corrected chi connectivity index (χ1v) is 13.0. The van der Waals surface area contributed by atoms with Crippen LogP contribution in [0.15, 0.2) is 71.6 Å². The minimum atomic E-state index is -3.89. The maximum atomic E-state index is 13.6. The Labute approximate surface area is 208 Å². The number of sulfonamides is 1. The molecular formula is C26H24ClF2NO4S. The van der Waals surface area contributed by atoms with Crippen molar-refractivity contribution in [3.8, 4) is 5.75 Å². The van der Waals surface area contributed by atoms with E-state index in [0.717, 1.165) is 17.7 Å². The lowest BCUT2D eigenvalue weighted by Gasteiger charge is -2.23. The topological polar surface area (TPSA) is 63.7 Å². The van der Waals surface area contributed by atoms with Crippen LogP contribution in [0.1, 0.15) is 30.4 Å². The van der Waals surface area contributed by atoms with Crippen molar-refractivity contribution < 1.29 is 26.7 Å². The molecule has 3 aromatic rings. The van der Waals surface area contributed by atoms with Crippen molar-refractivity contribution in [2.45, 2.75) is 43.2 Å². The Hall–Kier alpha value is -2.81. The van der Waals surface area contributed by atoms with Crippen LogP contribution in [0.5, 0.6) is 5.75 Å². The number of ketones is 1. The number of Topliss-reactive ketones (excluding diaryl/α,β-unsaturated/α-hetero) is 1. The predicted octanol–water partition coefficient (Wildman–Crippen LogP) is 5.55. The van der Waals surface area contributed by atoms with Gasteiger partial charge in [0.1, 0.15) is 24.0 Å². The molecule has 0 amide bonds. The molecule has 5 nitrogen and oxygen atoms in total. The Bertz CT molecular complexity index is 1320. The highest BCUT2D eigenvalue weighted by Crippen LogP contribution is 2.28. The molecule has 0 radical (unpaired) electrons. The molecule has 0 saturated carbocycles. The molecule has 1 heterocycles. The number of carbonyl (C=O) groups excluding carboxylic acids is 1. The van der Waals surface area contributed by atoms with Crippen LogP contribution in [0.2, 0.25) is 5.02 Å². The lowest BCUT2D eigenvalue weighted by atomic mass is 10.0. The molecule has 9 heteroatoms. The van der Waals surface area contributed by atoms with E-state index in [1.165, 1.54) is 28.6 Å². The molecule has 184 valence electrons. The summed E-state index contributed by atoms with van der Waals surface area (Å²) >= 11 is 5.70. The summed E-state index contributed by atoms with van der Waals surface area (Å²) in [5.74, 6) is -0.616. The lowest BCUT2D eigenvalue weighted by molar-refractivity contribution is -0.122. The molecule has 35 heavy (non-hydrogen) atoms. The number of benzene rings is 3. The minimum Gasteiger partial charge on any atom is -0.489 e. The normalized spacial score (nSPS) is 16.4. The van der Waals surface area contributed by atoms with E-state index in [1.807, 2.05) is 6.07 Å². The van der Waals surface area contributed by atoms with Gasteiger partial charge in [-0.15, -0.1) is 0 Å². The molecule has 0 spiro atoms. The molecule has 3 aromatic carbocycles. The van der Waals surface area contributed by atoms with Crippen LogP contribution in [0.3, 0.4) is 0 Å². The van der Waals surface area contributed by atoms with Gasteiger partial charge in [0.2, 0.25) is 10.0 Å². The second-order valence-electron chi connectivity index (χ2n) is 8.38. The summed E-state index contributed by atoms with van der Waals surface area (Å²) in [5, 5.41) is 0.0479. The van der Waals surface area contributed by atoms with Crippen molar-refractivity contribution in [3.05, 3.63) is 94.5 Å². The van der Waals surface area contributed by atoms with Gasteiger partial charge in [0.05, 0.1) is 16.0 Å². The summed E-state index contributed by atoms with van der Waals surface area (Å²) in [5.41, 5.74) is 1.50. The zero-order valence-electron chi connectivity index (χ0n) is 18.8. The largest absolute Gasteiger partial charge is 0.489 e. The van der Waals surface area contributed by atoms with Gasteiger partial charge in [0.15, 0.2) is 5.78 Å². The summed E-state index contributed by atoms with van der Waals surface area (Å²) in [6, 6.07) is 15.6. The van der Waals surface area contributed by atoms with Crippen molar-refractivity contribution in [1.82, 2.24) is 4.31 Å². The minimum absolute atomic E-state index is 0.0241. The molecule has 1 aliphatic rings. The highest BCUT2D eigenvalue weighted by atomic mass is 35.5. The molecular weight excluding hydrogens is 496 g/mol. The van der Waals surface area contributed by atoms with Crippen LogP contribution in [0, 0.1) is 11.6 Å². The Balaban J connectivity index is 1.37. The summed E-state index contributed by atoms with van der Waals surface area (Å²) in [6.07, 6.45) is 1.64. The predicted molar refractivity (Wildman–Crippen MR) is 129 cm³/mol. The molecule has 1 atom stereocenters. The Morgan fingerprint density at radius 1 is 1.03 bits per heavy atom. The van der Waals surface area contributed by atoms with Gasteiger partial charge >= 0.3 is 0 Å². The third kappa shape index (κ3) is 6.07. The third-order valence-electron chi connectivity index (χ3n) is 5.94. The van der Waals surface area contributed by atoms with Gasteiger partial charge in [-0.1, -0.05) is 29.8 Å². The smallest absolute Gasteiger partial charge is 0.243 e. The molecule has 0 aliphatic carbocycles. The Kier molecular flexibility index (Phi) is 7.84. The van der Waals surface area contributed by atoms with Crippen LogP contribution >= 0.6 is 11.6 Å². The Morgan fingerprint density at radius 3 is 2.54 bits per heavy atom. The monoisotopic (exact) mass is 519 g/mol. The average Bonchev–Trinajstić information content (AvgIpc) is 3.35. The Morgan fingerprint density at radius 2 is 1.80 bits per heavy atom. The van der Waals surface area contributed by atoms with E-state index in [2.05, 4.69) is 0 Å². The number of aryl methyl sites for hydroxylation is 1. The van der Waals surface area contributed by atoms with Gasteiger partial charge in [0, 0.05) is 13.0 Å². The highest BCUT2D eigenvalue weighted by Gasteiger charge is 2.38. The first-order valence-electron chi connectivity index (χ1n) is 11.2. The number of nitrogens with zero attached hydrogens (tertiary/aromatic N) is 1.